The number of nitrogens with one attached hydrogen (secondary N) is 2. The zero-order chi connectivity index (χ0) is 17.5. The zero-order valence-corrected chi connectivity index (χ0v) is 14.6. The third-order valence-corrected chi connectivity index (χ3v) is 3.59. The quantitative estimate of drug-likeness (QED) is 0.754. The highest BCUT2D eigenvalue weighted by atomic mass is 35.5. The molecule has 2 rings (SSSR count). The summed E-state index contributed by atoms with van der Waals surface area (Å²) < 4.78 is 0. The first-order valence-corrected chi connectivity index (χ1v) is 8.28. The Balaban J connectivity index is 2.09. The number of carbonyl (C=O) groups excluding carboxylic acids is 2. The van der Waals surface area contributed by atoms with Gasteiger partial charge in [0.2, 0.25) is 0 Å². The van der Waals surface area contributed by atoms with E-state index < -0.39 is 5.91 Å². The van der Waals surface area contributed by atoms with Gasteiger partial charge in [-0.3, -0.25) is 9.59 Å². The van der Waals surface area contributed by atoms with E-state index in [0.717, 1.165) is 12.8 Å². The van der Waals surface area contributed by atoms with Crippen LogP contribution in [-0.4, -0.2) is 23.3 Å². The Kier molecular flexibility index (Phi) is 6.58. The monoisotopic (exact) mass is 365 g/mol. The average molecular weight is 366 g/mol. The predicted molar refractivity (Wildman–Crippen MR) is 95.9 cm³/mol. The van der Waals surface area contributed by atoms with Crippen LogP contribution in [0.15, 0.2) is 36.4 Å². The maximum atomic E-state index is 12.3. The van der Waals surface area contributed by atoms with E-state index in [-0.39, 0.29) is 17.3 Å². The van der Waals surface area contributed by atoms with Gasteiger partial charge >= 0.3 is 0 Å². The van der Waals surface area contributed by atoms with Crippen molar-refractivity contribution >= 4 is 40.7 Å². The van der Waals surface area contributed by atoms with Gasteiger partial charge in [0.15, 0.2) is 0 Å². The Morgan fingerprint density at radius 1 is 1.04 bits per heavy atom. The van der Waals surface area contributed by atoms with Gasteiger partial charge in [-0.2, -0.15) is 0 Å². The molecule has 0 aliphatic carbocycles. The fraction of sp³-hybridized carbons (Fsp3) is 0.235. The van der Waals surface area contributed by atoms with Crippen molar-refractivity contribution < 1.29 is 9.59 Å². The maximum Gasteiger partial charge on any atom is 0.274 e. The maximum absolute atomic E-state index is 12.3. The topological polar surface area (TPSA) is 71.1 Å². The van der Waals surface area contributed by atoms with E-state index in [4.69, 9.17) is 23.2 Å². The van der Waals surface area contributed by atoms with Crippen LogP contribution in [0.3, 0.4) is 0 Å². The second-order valence-electron chi connectivity index (χ2n) is 5.13. The summed E-state index contributed by atoms with van der Waals surface area (Å²) in [4.78, 5) is 28.4. The second kappa shape index (κ2) is 8.66. The number of hydrogen-bond acceptors (Lipinski definition) is 3. The molecule has 7 heteroatoms. The number of unbranched alkanes of at least 4 members (excludes halogenated alkanes) is 1. The first-order valence-electron chi connectivity index (χ1n) is 7.52. The van der Waals surface area contributed by atoms with Crippen LogP contribution in [-0.2, 0) is 0 Å². The van der Waals surface area contributed by atoms with E-state index in [1.165, 1.54) is 6.07 Å². The molecule has 0 saturated heterocycles. The number of pyridine rings is 1. The molecule has 2 aromatic rings. The van der Waals surface area contributed by atoms with Crippen molar-refractivity contribution in [1.29, 1.82) is 0 Å². The summed E-state index contributed by atoms with van der Waals surface area (Å²) in [5.74, 6) is -0.750. The first kappa shape index (κ1) is 18.2. The van der Waals surface area contributed by atoms with Crippen molar-refractivity contribution in [2.24, 2.45) is 0 Å². The largest absolute Gasteiger partial charge is 0.351 e. The average Bonchev–Trinajstić information content (AvgIpc) is 2.54. The number of amides is 2. The normalized spacial score (nSPS) is 10.3. The molecule has 1 aromatic carbocycles. The third kappa shape index (κ3) is 5.22. The third-order valence-electron chi connectivity index (χ3n) is 3.15. The summed E-state index contributed by atoms with van der Waals surface area (Å²) in [5, 5.41) is 6.24. The molecule has 5 nitrogen and oxygen atoms in total. The fourth-order valence-corrected chi connectivity index (χ4v) is 2.50. The van der Waals surface area contributed by atoms with Gasteiger partial charge < -0.3 is 10.6 Å². The fourth-order valence-electron chi connectivity index (χ4n) is 1.98. The van der Waals surface area contributed by atoms with E-state index in [2.05, 4.69) is 15.6 Å². The molecule has 1 heterocycles. The number of carbonyl (C=O) groups is 2. The lowest BCUT2D eigenvalue weighted by Crippen LogP contribution is -2.26. The summed E-state index contributed by atoms with van der Waals surface area (Å²) in [7, 11) is 0. The summed E-state index contributed by atoms with van der Waals surface area (Å²) in [6.07, 6.45) is 1.87. The highest BCUT2D eigenvalue weighted by Gasteiger charge is 2.12. The van der Waals surface area contributed by atoms with Crippen molar-refractivity contribution in [3.05, 3.63) is 57.8 Å². The van der Waals surface area contributed by atoms with Crippen LogP contribution in [0.25, 0.3) is 0 Å². The van der Waals surface area contributed by atoms with E-state index in [1.54, 1.807) is 30.3 Å². The van der Waals surface area contributed by atoms with Gasteiger partial charge in [0.1, 0.15) is 11.4 Å². The molecular formula is C17H17Cl2N3O2. The van der Waals surface area contributed by atoms with Crippen LogP contribution < -0.4 is 10.6 Å². The van der Waals surface area contributed by atoms with E-state index in [1.807, 2.05) is 6.92 Å². The van der Waals surface area contributed by atoms with Gasteiger partial charge in [0.05, 0.1) is 0 Å². The summed E-state index contributed by atoms with van der Waals surface area (Å²) in [6.45, 7) is 2.62. The van der Waals surface area contributed by atoms with Gasteiger partial charge in [0, 0.05) is 22.3 Å². The number of rotatable bonds is 6. The standard InChI is InChI=1S/C17H17Cl2N3O2/c1-2-3-7-20-16(23)14-5-4-6-15(22-14)17(24)21-13-9-11(18)8-12(19)10-13/h4-6,8-10H,2-3,7H2,1H3,(H,20,23)(H,21,24). The highest BCUT2D eigenvalue weighted by Crippen LogP contribution is 2.22. The zero-order valence-electron chi connectivity index (χ0n) is 13.1. The molecule has 0 radical (unpaired) electrons. The molecule has 2 N–H and O–H groups in total. The van der Waals surface area contributed by atoms with Gasteiger partial charge in [-0.25, -0.2) is 4.98 Å². The number of nitrogens with zero attached hydrogens (tertiary/aromatic N) is 1. The summed E-state index contributed by atoms with van der Waals surface area (Å²) >= 11 is 11.8. The van der Waals surface area contributed by atoms with Crippen molar-refractivity contribution in [2.45, 2.75) is 19.8 Å². The first-order chi connectivity index (χ1) is 11.5. The molecule has 1 aromatic heterocycles. The van der Waals surface area contributed by atoms with Crippen molar-refractivity contribution in [3.8, 4) is 0 Å². The molecule has 0 unspecified atom stereocenters. The van der Waals surface area contributed by atoms with E-state index >= 15 is 0 Å². The summed E-state index contributed by atoms with van der Waals surface area (Å²) in [6, 6.07) is 9.43. The lowest BCUT2D eigenvalue weighted by Gasteiger charge is -2.08. The van der Waals surface area contributed by atoms with Crippen LogP contribution in [0.1, 0.15) is 40.7 Å². The number of hydrogen-bond donors (Lipinski definition) is 2. The summed E-state index contributed by atoms with van der Waals surface area (Å²) in [5.41, 5.74) is 0.786. The Hall–Kier alpha value is -2.11. The van der Waals surface area contributed by atoms with Gasteiger partial charge in [-0.15, -0.1) is 0 Å². The van der Waals surface area contributed by atoms with E-state index in [9.17, 15) is 9.59 Å². The molecule has 24 heavy (non-hydrogen) atoms. The van der Waals surface area contributed by atoms with Crippen LogP contribution >= 0.6 is 23.2 Å². The minimum atomic E-state index is -0.448. The molecule has 0 saturated carbocycles. The van der Waals surface area contributed by atoms with Crippen LogP contribution in [0.2, 0.25) is 10.0 Å². The lowest BCUT2D eigenvalue weighted by atomic mass is 10.2. The molecule has 0 spiro atoms. The lowest BCUT2D eigenvalue weighted by molar-refractivity contribution is 0.0948. The van der Waals surface area contributed by atoms with Crippen LogP contribution in [0, 0.1) is 0 Å². The van der Waals surface area contributed by atoms with Crippen LogP contribution in [0.5, 0.6) is 0 Å². The number of halogens is 2. The van der Waals surface area contributed by atoms with Gasteiger partial charge in [-0.05, 0) is 36.8 Å². The molecule has 0 bridgehead atoms. The Labute approximate surface area is 150 Å². The molecule has 0 aliphatic heterocycles. The number of benzene rings is 1. The molecule has 0 fully saturated rings. The van der Waals surface area contributed by atoms with Gasteiger partial charge in [-0.1, -0.05) is 42.6 Å². The minimum Gasteiger partial charge on any atom is -0.351 e. The Morgan fingerprint density at radius 2 is 1.67 bits per heavy atom. The predicted octanol–water partition coefficient (Wildman–Crippen LogP) is 4.17. The molecule has 126 valence electrons. The number of aromatic nitrogens is 1. The second-order valence-corrected chi connectivity index (χ2v) is 6.00. The van der Waals surface area contributed by atoms with Crippen LogP contribution in [0.4, 0.5) is 5.69 Å². The Bertz CT molecular complexity index is 730. The van der Waals surface area contributed by atoms with E-state index in [0.29, 0.717) is 22.3 Å². The molecule has 0 aliphatic rings. The van der Waals surface area contributed by atoms with Crippen molar-refractivity contribution in [1.82, 2.24) is 10.3 Å². The minimum absolute atomic E-state index is 0.134. The molecule has 2 amide bonds. The van der Waals surface area contributed by atoms with Crippen molar-refractivity contribution in [3.63, 3.8) is 0 Å². The van der Waals surface area contributed by atoms with Crippen molar-refractivity contribution in [2.75, 3.05) is 11.9 Å². The Morgan fingerprint density at radius 3 is 2.29 bits per heavy atom. The molecular weight excluding hydrogens is 349 g/mol. The van der Waals surface area contributed by atoms with Gasteiger partial charge in [0.25, 0.3) is 11.8 Å². The smallest absolute Gasteiger partial charge is 0.274 e. The number of anilines is 1. The highest BCUT2D eigenvalue weighted by molar-refractivity contribution is 6.35. The molecule has 0 atom stereocenters. The SMILES string of the molecule is CCCCNC(=O)c1cccc(C(=O)Nc2cc(Cl)cc(Cl)c2)n1.